The van der Waals surface area contributed by atoms with Gasteiger partial charge in [0.1, 0.15) is 5.70 Å². The zero-order chi connectivity index (χ0) is 19.9. The second-order valence-corrected chi connectivity index (χ2v) is 7.21. The van der Waals surface area contributed by atoms with Gasteiger partial charge in [0, 0.05) is 29.8 Å². The van der Waals surface area contributed by atoms with Crippen LogP contribution < -0.4 is 5.56 Å². The van der Waals surface area contributed by atoms with Gasteiger partial charge in [-0.1, -0.05) is 64.5 Å². The molecule has 5 heteroatoms. The van der Waals surface area contributed by atoms with Crippen LogP contribution in [0.5, 0.6) is 0 Å². The highest BCUT2D eigenvalue weighted by atomic mass is 79.9. The first-order chi connectivity index (χ1) is 13.6. The van der Waals surface area contributed by atoms with Crippen LogP contribution in [-0.2, 0) is 11.3 Å². The van der Waals surface area contributed by atoms with Gasteiger partial charge in [-0.25, -0.2) is 0 Å². The lowest BCUT2D eigenvalue weighted by atomic mass is 10.1. The number of likely N-dealkylation sites (N-methyl/N-ethyl adjacent to an activating group) is 1. The van der Waals surface area contributed by atoms with E-state index in [1.807, 2.05) is 61.5 Å². The number of hydrogen-bond donors (Lipinski definition) is 0. The molecule has 1 heterocycles. The van der Waals surface area contributed by atoms with E-state index in [1.54, 1.807) is 29.3 Å². The molecule has 0 saturated heterocycles. The van der Waals surface area contributed by atoms with E-state index in [1.165, 1.54) is 10.6 Å². The number of carbonyl (C=O) groups excluding carboxylic acids is 1. The van der Waals surface area contributed by atoms with Gasteiger partial charge in [-0.2, -0.15) is 0 Å². The second-order valence-electron chi connectivity index (χ2n) is 6.30. The summed E-state index contributed by atoms with van der Waals surface area (Å²) >= 11 is 3.45. The van der Waals surface area contributed by atoms with Crippen LogP contribution >= 0.6 is 15.9 Å². The first-order valence-corrected chi connectivity index (χ1v) is 9.86. The van der Waals surface area contributed by atoms with Crippen molar-refractivity contribution >= 4 is 33.6 Å². The molecule has 3 rings (SSSR count). The topological polar surface area (TPSA) is 42.3 Å². The van der Waals surface area contributed by atoms with E-state index in [2.05, 4.69) is 15.9 Å². The Morgan fingerprint density at radius 1 is 1.04 bits per heavy atom. The average molecular weight is 437 g/mol. The first-order valence-electron chi connectivity index (χ1n) is 9.07. The number of hydrogen-bond acceptors (Lipinski definition) is 2. The van der Waals surface area contributed by atoms with E-state index in [4.69, 9.17) is 0 Å². The molecule has 2 aromatic carbocycles. The van der Waals surface area contributed by atoms with Crippen LogP contribution in [0.1, 0.15) is 18.1 Å². The van der Waals surface area contributed by atoms with Crippen molar-refractivity contribution in [2.75, 3.05) is 6.54 Å². The van der Waals surface area contributed by atoms with E-state index in [-0.39, 0.29) is 11.5 Å². The minimum Gasteiger partial charge on any atom is -0.333 e. The summed E-state index contributed by atoms with van der Waals surface area (Å²) in [5.74, 6) is -0.195. The quantitative estimate of drug-likeness (QED) is 0.527. The summed E-state index contributed by atoms with van der Waals surface area (Å²) in [4.78, 5) is 27.6. The Balaban J connectivity index is 2.04. The van der Waals surface area contributed by atoms with Gasteiger partial charge in [0.25, 0.3) is 11.5 Å². The van der Waals surface area contributed by atoms with Crippen molar-refractivity contribution in [3.8, 4) is 0 Å². The van der Waals surface area contributed by atoms with Gasteiger partial charge in [0.2, 0.25) is 0 Å². The molecule has 0 spiro atoms. The summed E-state index contributed by atoms with van der Waals surface area (Å²) in [6, 6.07) is 22.3. The van der Waals surface area contributed by atoms with Gasteiger partial charge in [-0.3, -0.25) is 14.2 Å². The third-order valence-corrected chi connectivity index (χ3v) is 4.83. The maximum absolute atomic E-state index is 13.4. The van der Waals surface area contributed by atoms with E-state index in [0.29, 0.717) is 18.8 Å². The molecule has 1 aromatic heterocycles. The van der Waals surface area contributed by atoms with E-state index < -0.39 is 0 Å². The van der Waals surface area contributed by atoms with Crippen LogP contribution in [-0.4, -0.2) is 21.9 Å². The lowest BCUT2D eigenvalue weighted by Crippen LogP contribution is -2.34. The third-order valence-electron chi connectivity index (χ3n) is 4.34. The molecule has 0 saturated carbocycles. The average Bonchev–Trinajstić information content (AvgIpc) is 2.71. The Labute approximate surface area is 172 Å². The standard InChI is InChI=1S/C23H21BrN2O2/c1-2-25(17-18-9-4-3-5-10-18)23(28)21(26-14-7-6-13-22(26)27)16-19-11-8-12-20(24)15-19/h3-16H,2,17H2,1H3/b21-16+. The number of halogens is 1. The summed E-state index contributed by atoms with van der Waals surface area (Å²) < 4.78 is 2.31. The van der Waals surface area contributed by atoms with Crippen LogP contribution in [0, 0.1) is 0 Å². The SMILES string of the molecule is CCN(Cc1ccccc1)C(=O)/C(=C\c1cccc(Br)c1)n1ccccc1=O. The molecule has 0 aliphatic carbocycles. The number of amides is 1. The molecule has 0 bridgehead atoms. The predicted molar refractivity (Wildman–Crippen MR) is 117 cm³/mol. The molecular weight excluding hydrogens is 416 g/mol. The van der Waals surface area contributed by atoms with Gasteiger partial charge in [0.15, 0.2) is 0 Å². The van der Waals surface area contributed by atoms with Crippen molar-refractivity contribution in [3.05, 3.63) is 105 Å². The molecule has 0 unspecified atom stereocenters. The molecule has 0 N–H and O–H groups in total. The van der Waals surface area contributed by atoms with Crippen LogP contribution in [0.2, 0.25) is 0 Å². The highest BCUT2D eigenvalue weighted by Gasteiger charge is 2.20. The lowest BCUT2D eigenvalue weighted by Gasteiger charge is -2.23. The Morgan fingerprint density at radius 3 is 2.46 bits per heavy atom. The fraction of sp³-hybridized carbons (Fsp3) is 0.130. The molecule has 4 nitrogen and oxygen atoms in total. The Hall–Kier alpha value is -2.92. The van der Waals surface area contributed by atoms with E-state index in [0.717, 1.165) is 15.6 Å². The van der Waals surface area contributed by atoms with Crippen molar-refractivity contribution < 1.29 is 4.79 Å². The van der Waals surface area contributed by atoms with Crippen molar-refractivity contribution in [2.45, 2.75) is 13.5 Å². The summed E-state index contributed by atoms with van der Waals surface area (Å²) in [5.41, 5.74) is 1.96. The summed E-state index contributed by atoms with van der Waals surface area (Å²) in [7, 11) is 0. The van der Waals surface area contributed by atoms with Gasteiger partial charge in [0.05, 0.1) is 0 Å². The Bertz CT molecular complexity index is 1040. The summed E-state index contributed by atoms with van der Waals surface area (Å²) in [6.45, 7) is 2.95. The fourth-order valence-corrected chi connectivity index (χ4v) is 3.32. The molecule has 0 aliphatic heterocycles. The first kappa shape index (κ1) is 19.8. The van der Waals surface area contributed by atoms with Crippen molar-refractivity contribution in [1.82, 2.24) is 9.47 Å². The molecule has 0 aliphatic rings. The number of nitrogens with zero attached hydrogens (tertiary/aromatic N) is 2. The van der Waals surface area contributed by atoms with Crippen LogP contribution in [0.4, 0.5) is 0 Å². The van der Waals surface area contributed by atoms with E-state index in [9.17, 15) is 9.59 Å². The van der Waals surface area contributed by atoms with Crippen molar-refractivity contribution in [2.24, 2.45) is 0 Å². The summed E-state index contributed by atoms with van der Waals surface area (Å²) in [5, 5.41) is 0. The van der Waals surface area contributed by atoms with Crippen LogP contribution in [0.15, 0.2) is 88.3 Å². The monoisotopic (exact) mass is 436 g/mol. The fourth-order valence-electron chi connectivity index (χ4n) is 2.91. The number of benzene rings is 2. The highest BCUT2D eigenvalue weighted by molar-refractivity contribution is 9.10. The molecule has 0 atom stereocenters. The van der Waals surface area contributed by atoms with Gasteiger partial charge < -0.3 is 4.90 Å². The summed E-state index contributed by atoms with van der Waals surface area (Å²) in [6.07, 6.45) is 3.38. The Morgan fingerprint density at radius 2 is 1.79 bits per heavy atom. The predicted octanol–water partition coefficient (Wildman–Crippen LogP) is 4.66. The zero-order valence-electron chi connectivity index (χ0n) is 15.6. The number of aromatic nitrogens is 1. The second kappa shape index (κ2) is 9.33. The minimum absolute atomic E-state index is 0.195. The maximum atomic E-state index is 13.4. The molecular formula is C23H21BrN2O2. The van der Waals surface area contributed by atoms with Gasteiger partial charge in [-0.15, -0.1) is 0 Å². The molecule has 28 heavy (non-hydrogen) atoms. The largest absolute Gasteiger partial charge is 0.333 e. The van der Waals surface area contributed by atoms with Crippen molar-refractivity contribution in [1.29, 1.82) is 0 Å². The molecule has 0 fully saturated rings. The van der Waals surface area contributed by atoms with Crippen LogP contribution in [0.3, 0.4) is 0 Å². The minimum atomic E-state index is -0.243. The van der Waals surface area contributed by atoms with Crippen molar-refractivity contribution in [3.63, 3.8) is 0 Å². The molecule has 3 aromatic rings. The lowest BCUT2D eigenvalue weighted by molar-refractivity contribution is -0.125. The molecule has 0 radical (unpaired) electrons. The molecule has 1 amide bonds. The molecule has 142 valence electrons. The number of carbonyl (C=O) groups is 1. The van der Waals surface area contributed by atoms with Gasteiger partial charge in [-0.05, 0) is 42.3 Å². The smallest absolute Gasteiger partial charge is 0.271 e. The van der Waals surface area contributed by atoms with Gasteiger partial charge >= 0.3 is 0 Å². The highest BCUT2D eigenvalue weighted by Crippen LogP contribution is 2.18. The van der Waals surface area contributed by atoms with E-state index >= 15 is 0 Å². The zero-order valence-corrected chi connectivity index (χ0v) is 17.2. The number of rotatable bonds is 6. The number of pyridine rings is 1. The third kappa shape index (κ3) is 4.87. The van der Waals surface area contributed by atoms with Crippen LogP contribution in [0.25, 0.3) is 11.8 Å². The maximum Gasteiger partial charge on any atom is 0.271 e. The normalized spacial score (nSPS) is 11.3. The Kier molecular flexibility index (Phi) is 6.61.